The fraction of sp³-hybridized carbons (Fsp3) is 0.538. The van der Waals surface area contributed by atoms with E-state index in [0.29, 0.717) is 0 Å². The summed E-state index contributed by atoms with van der Waals surface area (Å²) in [6, 6.07) is 2.27. The van der Waals surface area contributed by atoms with Gasteiger partial charge in [0.05, 0.1) is 0 Å². The van der Waals surface area contributed by atoms with Crippen LogP contribution >= 0.6 is 0 Å². The van der Waals surface area contributed by atoms with Crippen molar-refractivity contribution in [2.24, 2.45) is 0 Å². The van der Waals surface area contributed by atoms with E-state index in [2.05, 4.69) is 5.32 Å². The van der Waals surface area contributed by atoms with Crippen LogP contribution in [0.5, 0.6) is 0 Å². The third kappa shape index (κ3) is 2.99. The summed E-state index contributed by atoms with van der Waals surface area (Å²) in [7, 11) is -2.56. The number of hydrogen-bond donors (Lipinski definition) is 1. The molecule has 0 aliphatic heterocycles. The van der Waals surface area contributed by atoms with Crippen molar-refractivity contribution in [2.75, 3.05) is 13.6 Å². The number of rotatable bonds is 6. The molecule has 1 aromatic carbocycles. The first-order valence-electron chi connectivity index (χ1n) is 6.54. The maximum absolute atomic E-state index is 14.3. The van der Waals surface area contributed by atoms with Gasteiger partial charge in [0.15, 0.2) is 5.82 Å². The summed E-state index contributed by atoms with van der Waals surface area (Å²) in [6.07, 6.45) is 1.97. The van der Waals surface area contributed by atoms with Gasteiger partial charge in [-0.15, -0.1) is 0 Å². The molecule has 1 saturated carbocycles. The molecular formula is C13H18F2N2O2S. The van der Waals surface area contributed by atoms with Crippen LogP contribution in [0.4, 0.5) is 8.78 Å². The van der Waals surface area contributed by atoms with Crippen LogP contribution in [0.15, 0.2) is 17.0 Å². The maximum atomic E-state index is 14.3. The number of nitrogens with one attached hydrogen (secondary N) is 1. The highest BCUT2D eigenvalue weighted by molar-refractivity contribution is 7.89. The first kappa shape index (κ1) is 15.3. The summed E-state index contributed by atoms with van der Waals surface area (Å²) < 4.78 is 53.3. The van der Waals surface area contributed by atoms with Crippen molar-refractivity contribution < 1.29 is 17.2 Å². The van der Waals surface area contributed by atoms with Gasteiger partial charge in [-0.05, 0) is 25.0 Å². The van der Waals surface area contributed by atoms with Crippen molar-refractivity contribution in [3.05, 3.63) is 29.3 Å². The minimum Gasteiger partial charge on any atom is -0.310 e. The molecule has 0 aromatic heterocycles. The van der Waals surface area contributed by atoms with Crippen LogP contribution in [0, 0.1) is 11.6 Å². The Balaban J connectivity index is 2.37. The zero-order valence-electron chi connectivity index (χ0n) is 11.5. The van der Waals surface area contributed by atoms with E-state index in [1.54, 1.807) is 6.92 Å². The van der Waals surface area contributed by atoms with Crippen molar-refractivity contribution in [1.29, 1.82) is 0 Å². The second kappa shape index (κ2) is 5.75. The molecule has 1 fully saturated rings. The molecule has 7 heteroatoms. The third-order valence-electron chi connectivity index (χ3n) is 3.43. The predicted molar refractivity (Wildman–Crippen MR) is 71.7 cm³/mol. The van der Waals surface area contributed by atoms with Crippen molar-refractivity contribution in [3.8, 4) is 0 Å². The quantitative estimate of drug-likeness (QED) is 0.872. The second-order valence-electron chi connectivity index (χ2n) is 4.91. The molecule has 0 amide bonds. The lowest BCUT2D eigenvalue weighted by Crippen LogP contribution is -2.28. The van der Waals surface area contributed by atoms with Crippen LogP contribution < -0.4 is 5.32 Å². The molecule has 20 heavy (non-hydrogen) atoms. The van der Waals surface area contributed by atoms with E-state index in [-0.39, 0.29) is 24.7 Å². The Labute approximate surface area is 117 Å². The van der Waals surface area contributed by atoms with E-state index in [1.165, 1.54) is 7.05 Å². The monoisotopic (exact) mass is 304 g/mol. The molecule has 0 atom stereocenters. The Morgan fingerprint density at radius 3 is 2.55 bits per heavy atom. The maximum Gasteiger partial charge on any atom is 0.245 e. The van der Waals surface area contributed by atoms with E-state index in [1.807, 2.05) is 0 Å². The molecule has 4 nitrogen and oxygen atoms in total. The molecule has 0 unspecified atom stereocenters. The van der Waals surface area contributed by atoms with E-state index in [9.17, 15) is 17.2 Å². The van der Waals surface area contributed by atoms with Crippen LogP contribution in [-0.2, 0) is 16.6 Å². The van der Waals surface area contributed by atoms with Crippen LogP contribution in [0.3, 0.4) is 0 Å². The fourth-order valence-corrected chi connectivity index (χ4v) is 3.07. The standard InChI is InChI=1S/C13H18F2N2O2S/c1-3-17(2)20(18,19)12-7-6-11(14)10(13(12)15)8-16-9-4-5-9/h6-7,9,16H,3-5,8H2,1-2H3. The third-order valence-corrected chi connectivity index (χ3v) is 5.38. The number of halogens is 2. The molecule has 0 heterocycles. The smallest absolute Gasteiger partial charge is 0.245 e. The summed E-state index contributed by atoms with van der Waals surface area (Å²) in [4.78, 5) is -0.476. The van der Waals surface area contributed by atoms with Gasteiger partial charge in [0.25, 0.3) is 0 Å². The lowest BCUT2D eigenvalue weighted by atomic mass is 10.2. The first-order valence-corrected chi connectivity index (χ1v) is 7.98. The largest absolute Gasteiger partial charge is 0.310 e. The normalized spacial score (nSPS) is 15.8. The summed E-state index contributed by atoms with van der Waals surface area (Å²) in [6.45, 7) is 1.87. The highest BCUT2D eigenvalue weighted by Gasteiger charge is 2.27. The molecular weight excluding hydrogens is 286 g/mol. The van der Waals surface area contributed by atoms with Gasteiger partial charge in [-0.3, -0.25) is 0 Å². The molecule has 0 spiro atoms. The SMILES string of the molecule is CCN(C)S(=O)(=O)c1ccc(F)c(CNC2CC2)c1F. The first-order chi connectivity index (χ1) is 9.37. The van der Waals surface area contributed by atoms with Crippen LogP contribution in [0.25, 0.3) is 0 Å². The molecule has 0 bridgehead atoms. The molecule has 0 radical (unpaired) electrons. The topological polar surface area (TPSA) is 49.4 Å². The van der Waals surface area contributed by atoms with Crippen LogP contribution in [0.1, 0.15) is 25.3 Å². The van der Waals surface area contributed by atoms with Gasteiger partial charge in [-0.1, -0.05) is 6.92 Å². The highest BCUT2D eigenvalue weighted by atomic mass is 32.2. The van der Waals surface area contributed by atoms with Gasteiger partial charge in [0.1, 0.15) is 10.7 Å². The Bertz CT molecular complexity index is 601. The molecule has 0 saturated heterocycles. The summed E-state index contributed by atoms with van der Waals surface area (Å²) in [5.74, 6) is -1.73. The van der Waals surface area contributed by atoms with Gasteiger partial charge in [-0.2, -0.15) is 0 Å². The van der Waals surface area contributed by atoms with E-state index < -0.39 is 26.6 Å². The summed E-state index contributed by atoms with van der Waals surface area (Å²) in [5, 5.41) is 2.99. The number of benzene rings is 1. The zero-order valence-corrected chi connectivity index (χ0v) is 12.3. The van der Waals surface area contributed by atoms with Crippen molar-refractivity contribution in [2.45, 2.75) is 37.2 Å². The molecule has 1 aliphatic rings. The fourth-order valence-electron chi connectivity index (χ4n) is 1.81. The number of sulfonamides is 1. The average Bonchev–Trinajstić information content (AvgIpc) is 3.21. The van der Waals surface area contributed by atoms with Gasteiger partial charge in [0, 0.05) is 31.7 Å². The minimum atomic E-state index is -3.92. The lowest BCUT2D eigenvalue weighted by molar-refractivity contribution is 0.470. The predicted octanol–water partition coefficient (Wildman–Crippen LogP) is 1.86. The highest BCUT2D eigenvalue weighted by Crippen LogP contribution is 2.25. The molecule has 1 aromatic rings. The van der Waals surface area contributed by atoms with Crippen LogP contribution in [-0.4, -0.2) is 32.4 Å². The Hall–Kier alpha value is -1.05. The minimum absolute atomic E-state index is 0.00152. The van der Waals surface area contributed by atoms with E-state index >= 15 is 0 Å². The molecule has 1 aliphatic carbocycles. The van der Waals surface area contributed by atoms with Gasteiger partial charge in [-0.25, -0.2) is 21.5 Å². The average molecular weight is 304 g/mol. The Morgan fingerprint density at radius 2 is 2.00 bits per heavy atom. The molecule has 1 N–H and O–H groups in total. The van der Waals surface area contributed by atoms with Gasteiger partial charge >= 0.3 is 0 Å². The summed E-state index contributed by atoms with van der Waals surface area (Å²) >= 11 is 0. The number of nitrogens with zero attached hydrogens (tertiary/aromatic N) is 1. The van der Waals surface area contributed by atoms with Crippen molar-refractivity contribution in [1.82, 2.24) is 9.62 Å². The van der Waals surface area contributed by atoms with Crippen molar-refractivity contribution >= 4 is 10.0 Å². The molecule has 112 valence electrons. The Morgan fingerprint density at radius 1 is 1.35 bits per heavy atom. The van der Waals surface area contributed by atoms with E-state index in [4.69, 9.17) is 0 Å². The van der Waals surface area contributed by atoms with Crippen molar-refractivity contribution in [3.63, 3.8) is 0 Å². The van der Waals surface area contributed by atoms with Gasteiger partial charge in [0.2, 0.25) is 10.0 Å². The lowest BCUT2D eigenvalue weighted by Gasteiger charge is -2.17. The zero-order chi connectivity index (χ0) is 14.9. The van der Waals surface area contributed by atoms with Crippen LogP contribution in [0.2, 0.25) is 0 Å². The number of hydrogen-bond acceptors (Lipinski definition) is 3. The van der Waals surface area contributed by atoms with E-state index in [0.717, 1.165) is 29.3 Å². The second-order valence-corrected chi connectivity index (χ2v) is 6.93. The van der Waals surface area contributed by atoms with Gasteiger partial charge < -0.3 is 5.32 Å². The summed E-state index contributed by atoms with van der Waals surface area (Å²) in [5.41, 5.74) is -0.220. The Kier molecular flexibility index (Phi) is 4.41. The molecule has 2 rings (SSSR count).